The zero-order valence-corrected chi connectivity index (χ0v) is 17.7. The number of hydrogen-bond donors (Lipinski definition) is 2. The molecule has 1 aliphatic rings. The number of alkyl halides is 2. The Hall–Kier alpha value is -2.89. The van der Waals surface area contributed by atoms with Crippen molar-refractivity contribution in [3.05, 3.63) is 54.6 Å². The first kappa shape index (κ1) is 21.3. The molecule has 8 nitrogen and oxygen atoms in total. The molecule has 164 valence electrons. The van der Waals surface area contributed by atoms with E-state index >= 15 is 0 Å². The summed E-state index contributed by atoms with van der Waals surface area (Å²) in [5.74, 6) is 0.312. The summed E-state index contributed by atoms with van der Waals surface area (Å²) in [6.07, 6.45) is 1.87. The van der Waals surface area contributed by atoms with Gasteiger partial charge in [-0.05, 0) is 50.2 Å². The lowest BCUT2D eigenvalue weighted by molar-refractivity contribution is -0.255. The summed E-state index contributed by atoms with van der Waals surface area (Å²) in [6, 6.07) is 7.17. The van der Waals surface area contributed by atoms with E-state index in [1.54, 1.807) is 30.2 Å². The van der Waals surface area contributed by atoms with Crippen LogP contribution in [0.4, 0.5) is 20.3 Å². The standard InChI is InChI=1S/C20H21F2N5O3S/c1-23-31(28,29)15-6-7-17(16(9-15)18-11-27(2)12-25-18)26-19-8-3-13(10-24-19)20(21,22)30-14-4-5-14/h3,6-12,14,23H,4-5H2,1-2H3,(H,24,26). The number of pyridine rings is 1. The molecule has 0 atom stereocenters. The van der Waals surface area contributed by atoms with E-state index in [0.29, 0.717) is 35.6 Å². The monoisotopic (exact) mass is 449 g/mol. The normalized spacial score (nSPS) is 14.6. The number of hydrogen-bond acceptors (Lipinski definition) is 6. The van der Waals surface area contributed by atoms with Gasteiger partial charge in [0.15, 0.2) is 0 Å². The first-order chi connectivity index (χ1) is 14.7. The van der Waals surface area contributed by atoms with Gasteiger partial charge in [0, 0.05) is 30.7 Å². The van der Waals surface area contributed by atoms with Gasteiger partial charge in [0.05, 0.1) is 28.6 Å². The van der Waals surface area contributed by atoms with E-state index in [9.17, 15) is 17.2 Å². The van der Waals surface area contributed by atoms with Crippen LogP contribution in [0, 0.1) is 0 Å². The molecule has 0 saturated heterocycles. The third-order valence-electron chi connectivity index (χ3n) is 4.75. The smallest absolute Gasteiger partial charge is 0.340 e. The van der Waals surface area contributed by atoms with Crippen molar-refractivity contribution in [2.24, 2.45) is 7.05 Å². The topological polar surface area (TPSA) is 98.1 Å². The minimum absolute atomic E-state index is 0.0707. The number of halogens is 2. The van der Waals surface area contributed by atoms with Crippen molar-refractivity contribution < 1.29 is 21.9 Å². The summed E-state index contributed by atoms with van der Waals surface area (Å²) in [4.78, 5) is 8.43. The van der Waals surface area contributed by atoms with Crippen LogP contribution in [0.25, 0.3) is 11.3 Å². The number of sulfonamides is 1. The van der Waals surface area contributed by atoms with Gasteiger partial charge in [-0.1, -0.05) is 0 Å². The molecular weight excluding hydrogens is 428 g/mol. The molecule has 1 aromatic carbocycles. The van der Waals surface area contributed by atoms with E-state index in [0.717, 1.165) is 6.20 Å². The number of aromatic nitrogens is 3. The lowest BCUT2D eigenvalue weighted by Gasteiger charge is -2.17. The Morgan fingerprint density at radius 2 is 1.97 bits per heavy atom. The molecule has 1 fully saturated rings. The van der Waals surface area contributed by atoms with Crippen LogP contribution in [0.1, 0.15) is 18.4 Å². The number of ether oxygens (including phenoxy) is 1. The van der Waals surface area contributed by atoms with Crippen molar-refractivity contribution in [1.29, 1.82) is 0 Å². The summed E-state index contributed by atoms with van der Waals surface area (Å²) in [5.41, 5.74) is 1.25. The molecule has 0 spiro atoms. The van der Waals surface area contributed by atoms with Crippen LogP contribution in [0.2, 0.25) is 0 Å². The fourth-order valence-corrected chi connectivity index (χ4v) is 3.68. The molecule has 2 N–H and O–H groups in total. The van der Waals surface area contributed by atoms with Gasteiger partial charge in [-0.15, -0.1) is 0 Å². The van der Waals surface area contributed by atoms with Crippen LogP contribution >= 0.6 is 0 Å². The zero-order valence-electron chi connectivity index (χ0n) is 16.8. The Bertz CT molecular complexity index is 1190. The second-order valence-electron chi connectivity index (χ2n) is 7.23. The van der Waals surface area contributed by atoms with Crippen LogP contribution in [0.15, 0.2) is 53.9 Å². The van der Waals surface area contributed by atoms with E-state index < -0.39 is 22.2 Å². The van der Waals surface area contributed by atoms with Gasteiger partial charge < -0.3 is 14.6 Å². The number of imidazole rings is 1. The highest BCUT2D eigenvalue weighted by Gasteiger charge is 2.40. The van der Waals surface area contributed by atoms with Gasteiger partial charge in [0.25, 0.3) is 0 Å². The molecule has 11 heteroatoms. The first-order valence-electron chi connectivity index (χ1n) is 9.53. The van der Waals surface area contributed by atoms with Crippen molar-refractivity contribution in [3.8, 4) is 11.3 Å². The van der Waals surface area contributed by atoms with Crippen molar-refractivity contribution in [1.82, 2.24) is 19.3 Å². The van der Waals surface area contributed by atoms with E-state index in [2.05, 4.69) is 20.0 Å². The van der Waals surface area contributed by atoms with Gasteiger partial charge >= 0.3 is 6.11 Å². The Kier molecular flexibility index (Phi) is 5.50. The Labute approximate surface area is 178 Å². The Balaban J connectivity index is 1.64. The van der Waals surface area contributed by atoms with E-state index in [1.807, 2.05) is 0 Å². The number of nitrogens with one attached hydrogen (secondary N) is 2. The molecule has 0 unspecified atom stereocenters. The molecule has 0 aliphatic heterocycles. The zero-order chi connectivity index (χ0) is 22.2. The molecule has 0 amide bonds. The molecule has 2 aromatic heterocycles. The van der Waals surface area contributed by atoms with Crippen molar-refractivity contribution in [2.75, 3.05) is 12.4 Å². The predicted molar refractivity (Wildman–Crippen MR) is 110 cm³/mol. The second-order valence-corrected chi connectivity index (χ2v) is 9.12. The molecule has 0 radical (unpaired) electrons. The SMILES string of the molecule is CNS(=O)(=O)c1ccc(Nc2ccc(C(F)(F)OC3CC3)cn2)c(-c2cn(C)cn2)c1. The van der Waals surface area contributed by atoms with Gasteiger partial charge in [-0.3, -0.25) is 0 Å². The Morgan fingerprint density at radius 1 is 1.19 bits per heavy atom. The fourth-order valence-electron chi connectivity index (χ4n) is 2.92. The number of nitrogens with zero attached hydrogens (tertiary/aromatic N) is 3. The van der Waals surface area contributed by atoms with Crippen molar-refractivity contribution in [3.63, 3.8) is 0 Å². The third kappa shape index (κ3) is 4.73. The van der Waals surface area contributed by atoms with Gasteiger partial charge in [0.2, 0.25) is 10.0 Å². The summed E-state index contributed by atoms with van der Waals surface area (Å²) in [6.45, 7) is 0. The van der Waals surface area contributed by atoms with Crippen LogP contribution in [-0.2, 0) is 27.9 Å². The molecular formula is C20H21F2N5O3S. The number of rotatable bonds is 8. The highest BCUT2D eigenvalue weighted by Crippen LogP contribution is 2.38. The first-order valence-corrected chi connectivity index (χ1v) is 11.0. The quantitative estimate of drug-likeness (QED) is 0.547. The minimum Gasteiger partial charge on any atom is -0.340 e. The fraction of sp³-hybridized carbons (Fsp3) is 0.300. The van der Waals surface area contributed by atoms with Crippen LogP contribution in [0.5, 0.6) is 0 Å². The van der Waals surface area contributed by atoms with E-state index in [4.69, 9.17) is 4.74 Å². The number of aryl methyl sites for hydroxylation is 1. The summed E-state index contributed by atoms with van der Waals surface area (Å²) < 4.78 is 61.5. The van der Waals surface area contributed by atoms with Crippen LogP contribution in [0.3, 0.4) is 0 Å². The lowest BCUT2D eigenvalue weighted by atomic mass is 10.1. The maximum Gasteiger partial charge on any atom is 0.385 e. The van der Waals surface area contributed by atoms with Gasteiger partial charge in [-0.25, -0.2) is 23.1 Å². The van der Waals surface area contributed by atoms with Gasteiger partial charge in [-0.2, -0.15) is 8.78 Å². The third-order valence-corrected chi connectivity index (χ3v) is 6.16. The van der Waals surface area contributed by atoms with Crippen molar-refractivity contribution >= 4 is 21.5 Å². The molecule has 0 bridgehead atoms. The molecule has 1 saturated carbocycles. The molecule has 31 heavy (non-hydrogen) atoms. The second kappa shape index (κ2) is 7.98. The minimum atomic E-state index is -3.66. The average molecular weight is 449 g/mol. The largest absolute Gasteiger partial charge is 0.385 e. The predicted octanol–water partition coefficient (Wildman–Crippen LogP) is 3.36. The van der Waals surface area contributed by atoms with E-state index in [-0.39, 0.29) is 10.5 Å². The summed E-state index contributed by atoms with van der Waals surface area (Å²) in [5, 5.41) is 3.05. The highest BCUT2D eigenvalue weighted by atomic mass is 32.2. The molecule has 1 aliphatic carbocycles. The summed E-state index contributed by atoms with van der Waals surface area (Å²) in [7, 11) is -0.541. The molecule has 2 heterocycles. The lowest BCUT2D eigenvalue weighted by Crippen LogP contribution is -2.19. The highest BCUT2D eigenvalue weighted by molar-refractivity contribution is 7.89. The molecule has 3 aromatic rings. The van der Waals surface area contributed by atoms with Crippen LogP contribution in [-0.4, -0.2) is 36.1 Å². The maximum atomic E-state index is 14.1. The van der Waals surface area contributed by atoms with Gasteiger partial charge in [0.1, 0.15) is 5.82 Å². The van der Waals surface area contributed by atoms with Crippen molar-refractivity contribution in [2.45, 2.75) is 29.9 Å². The Morgan fingerprint density at radius 3 is 2.55 bits per heavy atom. The van der Waals surface area contributed by atoms with Crippen LogP contribution < -0.4 is 10.0 Å². The summed E-state index contributed by atoms with van der Waals surface area (Å²) >= 11 is 0. The number of anilines is 2. The van der Waals surface area contributed by atoms with E-state index in [1.165, 1.54) is 31.3 Å². The number of benzene rings is 1. The maximum absolute atomic E-state index is 14.1. The molecule has 4 rings (SSSR count). The average Bonchev–Trinajstić information content (AvgIpc) is 3.44.